The maximum Gasteiger partial charge on any atom is 0.212 e. The average Bonchev–Trinajstić information content (AvgIpc) is 2.75. The Bertz CT molecular complexity index is 859. The Hall–Kier alpha value is -1.94. The molecule has 1 atom stereocenters. The topological polar surface area (TPSA) is 21.7 Å². The van der Waals surface area contributed by atoms with Crippen molar-refractivity contribution in [2.45, 2.75) is 25.0 Å². The second kappa shape index (κ2) is 5.03. The molecule has 2 aromatic rings. The van der Waals surface area contributed by atoms with Crippen molar-refractivity contribution in [1.29, 1.82) is 0 Å². The first-order chi connectivity index (χ1) is 11.4. The van der Waals surface area contributed by atoms with Gasteiger partial charge in [0.15, 0.2) is 11.5 Å². The largest absolute Gasteiger partial charge is 0.493 e. The first-order valence-corrected chi connectivity index (χ1v) is 8.80. The summed E-state index contributed by atoms with van der Waals surface area (Å²) in [6.07, 6.45) is 4.30. The Morgan fingerprint density at radius 1 is 1.12 bits per heavy atom. The minimum Gasteiger partial charge on any atom is -0.493 e. The van der Waals surface area contributed by atoms with Gasteiger partial charge in [-0.15, -0.1) is 0 Å². The van der Waals surface area contributed by atoms with Gasteiger partial charge in [-0.05, 0) is 49.8 Å². The summed E-state index contributed by atoms with van der Waals surface area (Å²) in [5.74, 6) is 1.53. The second-order valence-corrected chi connectivity index (χ2v) is 7.68. The van der Waals surface area contributed by atoms with Gasteiger partial charge in [0.1, 0.15) is 0 Å². The molecule has 0 amide bonds. The molecule has 4 rings (SSSR count). The number of methoxy groups -OCH3 is 1. The van der Waals surface area contributed by atoms with E-state index >= 15 is 0 Å². The molecule has 4 heteroatoms. The number of likely N-dealkylation sites (N-methyl/N-ethyl adjacent to an activating group) is 1. The highest BCUT2D eigenvalue weighted by Crippen LogP contribution is 2.55. The SMILES string of the molecule is COc1ccc(Br)c2c1OC1(C=C2)N(C)c2ccccc2C1(C)C. The van der Waals surface area contributed by atoms with Crippen molar-refractivity contribution in [3.8, 4) is 11.5 Å². The van der Waals surface area contributed by atoms with E-state index in [2.05, 4.69) is 78.1 Å². The molecule has 0 fully saturated rings. The Morgan fingerprint density at radius 2 is 1.88 bits per heavy atom. The minimum absolute atomic E-state index is 0.208. The Labute approximate surface area is 151 Å². The van der Waals surface area contributed by atoms with Crippen LogP contribution in [0.3, 0.4) is 0 Å². The molecule has 0 saturated carbocycles. The molecule has 3 nitrogen and oxygen atoms in total. The predicted octanol–water partition coefficient (Wildman–Crippen LogP) is 4.99. The molecule has 1 spiro atoms. The summed E-state index contributed by atoms with van der Waals surface area (Å²) in [7, 11) is 3.77. The summed E-state index contributed by atoms with van der Waals surface area (Å²) in [4.78, 5) is 2.22. The van der Waals surface area contributed by atoms with Crippen LogP contribution in [-0.2, 0) is 5.41 Å². The van der Waals surface area contributed by atoms with Crippen LogP contribution < -0.4 is 14.4 Å². The number of rotatable bonds is 1. The lowest BCUT2D eigenvalue weighted by atomic mass is 9.76. The van der Waals surface area contributed by atoms with E-state index in [4.69, 9.17) is 9.47 Å². The van der Waals surface area contributed by atoms with Crippen molar-refractivity contribution in [1.82, 2.24) is 0 Å². The zero-order valence-corrected chi connectivity index (χ0v) is 15.8. The lowest BCUT2D eigenvalue weighted by Gasteiger charge is -2.46. The first kappa shape index (κ1) is 15.6. The molecule has 0 N–H and O–H groups in total. The van der Waals surface area contributed by atoms with Gasteiger partial charge in [-0.1, -0.05) is 34.1 Å². The fourth-order valence-electron chi connectivity index (χ4n) is 3.96. The van der Waals surface area contributed by atoms with Crippen molar-refractivity contribution in [3.63, 3.8) is 0 Å². The zero-order valence-electron chi connectivity index (χ0n) is 14.3. The van der Waals surface area contributed by atoms with Crippen molar-refractivity contribution >= 4 is 27.7 Å². The highest BCUT2D eigenvalue weighted by Gasteiger charge is 2.57. The Morgan fingerprint density at radius 3 is 2.58 bits per heavy atom. The molecule has 0 aliphatic carbocycles. The highest BCUT2D eigenvalue weighted by molar-refractivity contribution is 9.10. The van der Waals surface area contributed by atoms with Gasteiger partial charge in [-0.2, -0.15) is 0 Å². The zero-order chi connectivity index (χ0) is 17.1. The summed E-state index contributed by atoms with van der Waals surface area (Å²) in [6.45, 7) is 4.46. The van der Waals surface area contributed by atoms with Gasteiger partial charge >= 0.3 is 0 Å². The molecular weight excluding hydrogens is 366 g/mol. The minimum atomic E-state index is -0.586. The van der Waals surface area contributed by atoms with Gasteiger partial charge in [-0.25, -0.2) is 0 Å². The summed E-state index contributed by atoms with van der Waals surface area (Å²) in [5.41, 5.74) is 2.71. The number of anilines is 1. The fraction of sp³-hybridized carbons (Fsp3) is 0.300. The normalized spacial score (nSPS) is 23.0. The molecule has 24 heavy (non-hydrogen) atoms. The molecule has 2 aliphatic heterocycles. The van der Waals surface area contributed by atoms with Gasteiger partial charge in [-0.3, -0.25) is 0 Å². The molecule has 2 aromatic carbocycles. The first-order valence-electron chi connectivity index (χ1n) is 8.00. The van der Waals surface area contributed by atoms with Crippen LogP contribution in [0.2, 0.25) is 0 Å². The van der Waals surface area contributed by atoms with Crippen LogP contribution in [0.1, 0.15) is 25.0 Å². The van der Waals surface area contributed by atoms with E-state index in [-0.39, 0.29) is 5.41 Å². The Balaban J connectivity index is 1.93. The second-order valence-electron chi connectivity index (χ2n) is 6.83. The van der Waals surface area contributed by atoms with Crippen LogP contribution in [0, 0.1) is 0 Å². The van der Waals surface area contributed by atoms with Crippen molar-refractivity contribution < 1.29 is 9.47 Å². The van der Waals surface area contributed by atoms with E-state index in [0.29, 0.717) is 0 Å². The van der Waals surface area contributed by atoms with Crippen LogP contribution in [0.15, 0.2) is 46.9 Å². The summed E-state index contributed by atoms with van der Waals surface area (Å²) >= 11 is 3.61. The molecule has 0 aromatic heterocycles. The van der Waals surface area contributed by atoms with Crippen LogP contribution >= 0.6 is 15.9 Å². The van der Waals surface area contributed by atoms with Crippen LogP contribution in [0.4, 0.5) is 5.69 Å². The number of halogens is 1. The number of hydrogen-bond acceptors (Lipinski definition) is 3. The quantitative estimate of drug-likeness (QED) is 0.690. The number of ether oxygens (including phenoxy) is 2. The molecule has 2 heterocycles. The standard InChI is InChI=1S/C20H20BrNO2/c1-19(2)14-7-5-6-8-16(14)22(3)20(19)12-11-13-15(21)9-10-17(23-4)18(13)24-20/h5-12H,1-4H3. The third-order valence-electron chi connectivity index (χ3n) is 5.39. The highest BCUT2D eigenvalue weighted by atomic mass is 79.9. The van der Waals surface area contributed by atoms with Crippen molar-refractivity contribution in [2.75, 3.05) is 19.1 Å². The molecule has 2 aliphatic rings. The van der Waals surface area contributed by atoms with E-state index in [0.717, 1.165) is 21.5 Å². The molecule has 0 saturated heterocycles. The third-order valence-corrected chi connectivity index (χ3v) is 6.08. The number of nitrogens with zero attached hydrogens (tertiary/aromatic N) is 1. The van der Waals surface area contributed by atoms with E-state index in [1.165, 1.54) is 11.3 Å². The molecule has 0 radical (unpaired) electrons. The van der Waals surface area contributed by atoms with E-state index in [1.54, 1.807) is 7.11 Å². The summed E-state index contributed by atoms with van der Waals surface area (Å²) < 4.78 is 13.2. The number of fused-ring (bicyclic) bond motifs is 2. The molecular formula is C20H20BrNO2. The van der Waals surface area contributed by atoms with E-state index in [1.807, 2.05) is 12.1 Å². The van der Waals surface area contributed by atoms with E-state index in [9.17, 15) is 0 Å². The van der Waals surface area contributed by atoms with Crippen LogP contribution in [-0.4, -0.2) is 19.9 Å². The van der Waals surface area contributed by atoms with Crippen molar-refractivity contribution in [2.24, 2.45) is 0 Å². The number of hydrogen-bond donors (Lipinski definition) is 0. The maximum absolute atomic E-state index is 6.68. The number of para-hydroxylation sites is 1. The van der Waals surface area contributed by atoms with E-state index < -0.39 is 5.72 Å². The van der Waals surface area contributed by atoms with Gasteiger partial charge in [0, 0.05) is 22.8 Å². The van der Waals surface area contributed by atoms with Crippen LogP contribution in [0.5, 0.6) is 11.5 Å². The fourth-order valence-corrected chi connectivity index (χ4v) is 4.41. The molecule has 0 bridgehead atoms. The monoisotopic (exact) mass is 385 g/mol. The Kier molecular flexibility index (Phi) is 3.26. The van der Waals surface area contributed by atoms with Crippen molar-refractivity contribution in [3.05, 3.63) is 58.1 Å². The number of benzene rings is 2. The molecule has 1 unspecified atom stereocenters. The lowest BCUT2D eigenvalue weighted by molar-refractivity contribution is 0.0551. The average molecular weight is 386 g/mol. The van der Waals surface area contributed by atoms with Gasteiger partial charge in [0.25, 0.3) is 0 Å². The van der Waals surface area contributed by atoms with Gasteiger partial charge in [0.05, 0.1) is 12.5 Å². The van der Waals surface area contributed by atoms with Gasteiger partial charge in [0.2, 0.25) is 5.72 Å². The smallest absolute Gasteiger partial charge is 0.212 e. The summed E-state index contributed by atoms with van der Waals surface area (Å²) in [6, 6.07) is 12.4. The third kappa shape index (κ3) is 1.78. The van der Waals surface area contributed by atoms with Gasteiger partial charge < -0.3 is 14.4 Å². The predicted molar refractivity (Wildman–Crippen MR) is 101 cm³/mol. The summed E-state index contributed by atoms with van der Waals surface area (Å²) in [5, 5.41) is 0. The lowest BCUT2D eigenvalue weighted by Crippen LogP contribution is -2.58. The van der Waals surface area contributed by atoms with Crippen LogP contribution in [0.25, 0.3) is 6.08 Å². The maximum atomic E-state index is 6.68. The molecule has 124 valence electrons.